The molecule has 1 aromatic carbocycles. The van der Waals surface area contributed by atoms with Gasteiger partial charge in [-0.25, -0.2) is 4.79 Å². The molecule has 1 saturated carbocycles. The van der Waals surface area contributed by atoms with E-state index in [0.29, 0.717) is 0 Å². The molecule has 4 rings (SSSR count). The second kappa shape index (κ2) is 9.20. The zero-order valence-electron chi connectivity index (χ0n) is 16.5. The molecule has 2 aromatic rings. The van der Waals surface area contributed by atoms with Crippen LogP contribution >= 0.6 is 0 Å². The Kier molecular flexibility index (Phi) is 6.22. The van der Waals surface area contributed by atoms with E-state index < -0.39 is 0 Å². The molecule has 5 nitrogen and oxygen atoms in total. The molecule has 1 aromatic heterocycles. The summed E-state index contributed by atoms with van der Waals surface area (Å²) in [6.45, 7) is 4.17. The number of nitrogens with one attached hydrogen (secondary N) is 1. The summed E-state index contributed by atoms with van der Waals surface area (Å²) in [5, 5.41) is 3.32. The zero-order chi connectivity index (χ0) is 19.2. The molecule has 2 aliphatic rings. The van der Waals surface area contributed by atoms with Crippen LogP contribution < -0.4 is 5.32 Å². The first-order valence-corrected chi connectivity index (χ1v) is 10.5. The molecule has 0 spiro atoms. The Labute approximate surface area is 167 Å². The van der Waals surface area contributed by atoms with Gasteiger partial charge >= 0.3 is 6.03 Å². The maximum atomic E-state index is 12.9. The second-order valence-corrected chi connectivity index (χ2v) is 8.03. The first-order chi connectivity index (χ1) is 13.8. The van der Waals surface area contributed by atoms with E-state index in [2.05, 4.69) is 45.5 Å². The number of pyridine rings is 1. The predicted molar refractivity (Wildman–Crippen MR) is 111 cm³/mol. The molecule has 2 fully saturated rings. The van der Waals surface area contributed by atoms with E-state index in [9.17, 15) is 4.79 Å². The molecule has 1 aliphatic carbocycles. The molecule has 2 amide bonds. The number of hydrogen-bond donors (Lipinski definition) is 1. The van der Waals surface area contributed by atoms with Gasteiger partial charge in [0.15, 0.2) is 0 Å². The number of urea groups is 1. The van der Waals surface area contributed by atoms with E-state index in [1.807, 2.05) is 29.3 Å². The number of benzene rings is 1. The highest BCUT2D eigenvalue weighted by Gasteiger charge is 2.27. The van der Waals surface area contributed by atoms with Crippen molar-refractivity contribution < 1.29 is 4.79 Å². The third-order valence-electron chi connectivity index (χ3n) is 6.06. The van der Waals surface area contributed by atoms with E-state index in [0.717, 1.165) is 50.8 Å². The van der Waals surface area contributed by atoms with Crippen LogP contribution in [0.1, 0.15) is 43.0 Å². The number of amides is 2. The van der Waals surface area contributed by atoms with Crippen molar-refractivity contribution >= 4 is 6.03 Å². The van der Waals surface area contributed by atoms with Gasteiger partial charge in [-0.1, -0.05) is 55.7 Å². The molecule has 28 heavy (non-hydrogen) atoms. The fourth-order valence-electron chi connectivity index (χ4n) is 4.10. The van der Waals surface area contributed by atoms with Gasteiger partial charge in [0.25, 0.3) is 0 Å². The molecule has 1 saturated heterocycles. The Morgan fingerprint density at radius 2 is 1.79 bits per heavy atom. The molecule has 2 heterocycles. The van der Waals surface area contributed by atoms with Crippen LogP contribution in [0.2, 0.25) is 0 Å². The smallest absolute Gasteiger partial charge is 0.317 e. The first-order valence-electron chi connectivity index (χ1n) is 10.5. The van der Waals surface area contributed by atoms with Gasteiger partial charge in [0, 0.05) is 38.9 Å². The monoisotopic (exact) mass is 378 g/mol. The van der Waals surface area contributed by atoms with Crippen molar-refractivity contribution in [2.24, 2.45) is 5.92 Å². The summed E-state index contributed by atoms with van der Waals surface area (Å²) < 4.78 is 0. The summed E-state index contributed by atoms with van der Waals surface area (Å²) in [6, 6.07) is 16.6. The number of hydrogen-bond acceptors (Lipinski definition) is 3. The predicted octanol–water partition coefficient (Wildman–Crippen LogP) is 3.84. The molecule has 5 heteroatoms. The largest absolute Gasteiger partial charge is 0.331 e. The Morgan fingerprint density at radius 3 is 2.43 bits per heavy atom. The van der Waals surface area contributed by atoms with Crippen LogP contribution in [0.5, 0.6) is 0 Å². The average Bonchev–Trinajstić information content (AvgIpc) is 2.71. The molecule has 1 atom stereocenters. The molecule has 1 N–H and O–H groups in total. The van der Waals surface area contributed by atoms with Crippen LogP contribution in [-0.2, 0) is 6.54 Å². The van der Waals surface area contributed by atoms with Crippen molar-refractivity contribution in [3.05, 3.63) is 66.0 Å². The number of aromatic nitrogens is 1. The van der Waals surface area contributed by atoms with Crippen molar-refractivity contribution in [1.82, 2.24) is 20.1 Å². The van der Waals surface area contributed by atoms with Crippen molar-refractivity contribution in [1.29, 1.82) is 0 Å². The van der Waals surface area contributed by atoms with Crippen LogP contribution in [0.4, 0.5) is 4.79 Å². The normalized spacial score (nSPS) is 19.1. The average molecular weight is 379 g/mol. The Morgan fingerprint density at radius 1 is 1.04 bits per heavy atom. The topological polar surface area (TPSA) is 48.5 Å². The lowest BCUT2D eigenvalue weighted by molar-refractivity contribution is 0.130. The highest BCUT2D eigenvalue weighted by molar-refractivity contribution is 5.74. The minimum Gasteiger partial charge on any atom is -0.331 e. The van der Waals surface area contributed by atoms with Crippen LogP contribution in [0.25, 0.3) is 0 Å². The van der Waals surface area contributed by atoms with Crippen molar-refractivity contribution in [2.75, 3.05) is 26.2 Å². The number of carbonyl (C=O) groups is 1. The van der Waals surface area contributed by atoms with Gasteiger partial charge in [0.2, 0.25) is 0 Å². The summed E-state index contributed by atoms with van der Waals surface area (Å²) in [6.07, 6.45) is 6.81. The highest BCUT2D eigenvalue weighted by atomic mass is 16.2. The van der Waals surface area contributed by atoms with Crippen molar-refractivity contribution in [3.63, 3.8) is 0 Å². The molecule has 0 bridgehead atoms. The Hall–Kier alpha value is -2.40. The number of piperazine rings is 1. The summed E-state index contributed by atoms with van der Waals surface area (Å²) in [5.74, 6) is 0.751. The second-order valence-electron chi connectivity index (χ2n) is 8.03. The molecular formula is C23H30N4O. The fourth-order valence-corrected chi connectivity index (χ4v) is 4.10. The number of nitrogens with zero attached hydrogens (tertiary/aromatic N) is 3. The third kappa shape index (κ3) is 4.90. The maximum absolute atomic E-state index is 12.9. The minimum absolute atomic E-state index is 0.0747. The summed E-state index contributed by atoms with van der Waals surface area (Å²) >= 11 is 0. The standard InChI is InChI=1S/C23H30N4O/c28-23(25-22(17-19-7-6-8-19)20-9-2-1-3-10-20)27-15-13-26(14-16-27)18-21-11-4-5-12-24-21/h1-5,9-12,19,22H,6-8,13-18H2,(H,25,28). The fraction of sp³-hybridized carbons (Fsp3) is 0.478. The SMILES string of the molecule is O=C(NC(CC1CCC1)c1ccccc1)N1CCN(Cc2ccccn2)CC1. The molecular weight excluding hydrogens is 348 g/mol. The molecule has 148 valence electrons. The number of carbonyl (C=O) groups excluding carboxylic acids is 1. The zero-order valence-corrected chi connectivity index (χ0v) is 16.5. The van der Waals surface area contributed by atoms with Gasteiger partial charge in [-0.05, 0) is 30.0 Å². The highest BCUT2D eigenvalue weighted by Crippen LogP contribution is 2.34. The minimum atomic E-state index is 0.0747. The van der Waals surface area contributed by atoms with Crippen molar-refractivity contribution in [2.45, 2.75) is 38.3 Å². The van der Waals surface area contributed by atoms with Crippen LogP contribution in [0.15, 0.2) is 54.7 Å². The molecule has 0 radical (unpaired) electrons. The van der Waals surface area contributed by atoms with Gasteiger partial charge in [-0.15, -0.1) is 0 Å². The van der Waals surface area contributed by atoms with E-state index in [4.69, 9.17) is 0 Å². The Bertz CT molecular complexity index is 740. The van der Waals surface area contributed by atoms with E-state index in [1.165, 1.54) is 24.8 Å². The molecule has 1 aliphatic heterocycles. The number of rotatable bonds is 6. The van der Waals surface area contributed by atoms with E-state index in [-0.39, 0.29) is 12.1 Å². The van der Waals surface area contributed by atoms with Crippen LogP contribution in [-0.4, -0.2) is 47.0 Å². The summed E-state index contributed by atoms with van der Waals surface area (Å²) in [4.78, 5) is 21.7. The maximum Gasteiger partial charge on any atom is 0.317 e. The van der Waals surface area contributed by atoms with Gasteiger partial charge in [0.05, 0.1) is 11.7 Å². The van der Waals surface area contributed by atoms with Gasteiger partial charge in [0.1, 0.15) is 0 Å². The lowest BCUT2D eigenvalue weighted by atomic mass is 9.79. The van der Waals surface area contributed by atoms with Crippen LogP contribution in [0, 0.1) is 5.92 Å². The molecule has 1 unspecified atom stereocenters. The van der Waals surface area contributed by atoms with Gasteiger partial charge < -0.3 is 10.2 Å². The summed E-state index contributed by atoms with van der Waals surface area (Å²) in [5.41, 5.74) is 2.31. The van der Waals surface area contributed by atoms with Gasteiger partial charge in [-0.2, -0.15) is 0 Å². The quantitative estimate of drug-likeness (QED) is 0.831. The summed E-state index contributed by atoms with van der Waals surface area (Å²) in [7, 11) is 0. The Balaban J connectivity index is 1.31. The van der Waals surface area contributed by atoms with Gasteiger partial charge in [-0.3, -0.25) is 9.88 Å². The van der Waals surface area contributed by atoms with E-state index in [1.54, 1.807) is 0 Å². The first kappa shape index (κ1) is 18.9. The van der Waals surface area contributed by atoms with E-state index >= 15 is 0 Å². The third-order valence-corrected chi connectivity index (χ3v) is 6.06. The van der Waals surface area contributed by atoms with Crippen LogP contribution in [0.3, 0.4) is 0 Å². The lowest BCUT2D eigenvalue weighted by Gasteiger charge is -2.36. The van der Waals surface area contributed by atoms with Crippen molar-refractivity contribution in [3.8, 4) is 0 Å². The lowest BCUT2D eigenvalue weighted by Crippen LogP contribution is -2.52.